The molecule has 1 saturated heterocycles. The monoisotopic (exact) mass is 335 g/mol. The summed E-state index contributed by atoms with van der Waals surface area (Å²) in [5.74, 6) is 0. The first kappa shape index (κ1) is 15.1. The molecule has 22 heavy (non-hydrogen) atoms. The van der Waals surface area contributed by atoms with Gasteiger partial charge in [-0.15, -0.1) is 0 Å². The van der Waals surface area contributed by atoms with Crippen molar-refractivity contribution in [1.29, 1.82) is 0 Å². The Morgan fingerprint density at radius 3 is 2.91 bits per heavy atom. The molecule has 1 N–H and O–H groups in total. The number of nitrogens with zero attached hydrogens (tertiary/aromatic N) is 2. The van der Waals surface area contributed by atoms with E-state index in [1.807, 2.05) is 18.2 Å². The molecule has 0 spiro atoms. The molecule has 0 unspecified atom stereocenters. The van der Waals surface area contributed by atoms with Crippen molar-refractivity contribution < 1.29 is 4.79 Å². The molecule has 0 bridgehead atoms. The number of carbonyl (C=O) groups is 1. The molecule has 4 nitrogen and oxygen atoms in total. The summed E-state index contributed by atoms with van der Waals surface area (Å²) in [6.45, 7) is 0.700. The van der Waals surface area contributed by atoms with Gasteiger partial charge in [-0.05, 0) is 43.2 Å². The first-order valence-corrected chi connectivity index (χ1v) is 7.84. The van der Waals surface area contributed by atoms with Crippen molar-refractivity contribution in [2.24, 2.45) is 0 Å². The van der Waals surface area contributed by atoms with Gasteiger partial charge in [-0.25, -0.2) is 4.79 Å². The van der Waals surface area contributed by atoms with Crippen LogP contribution in [0.5, 0.6) is 0 Å². The third-order valence-electron chi connectivity index (χ3n) is 3.71. The Morgan fingerprint density at radius 2 is 2.14 bits per heavy atom. The van der Waals surface area contributed by atoms with E-state index in [0.29, 0.717) is 22.3 Å². The number of hydrogen-bond donors (Lipinski definition) is 1. The lowest BCUT2D eigenvalue weighted by Gasteiger charge is -2.24. The van der Waals surface area contributed by atoms with E-state index in [2.05, 4.69) is 10.3 Å². The minimum absolute atomic E-state index is 0.000778. The predicted octanol–water partition coefficient (Wildman–Crippen LogP) is 4.76. The zero-order chi connectivity index (χ0) is 15.5. The van der Waals surface area contributed by atoms with Crippen LogP contribution in [0.2, 0.25) is 10.0 Å². The van der Waals surface area contributed by atoms with Crippen molar-refractivity contribution >= 4 is 34.9 Å². The van der Waals surface area contributed by atoms with Crippen LogP contribution >= 0.6 is 23.2 Å². The Kier molecular flexibility index (Phi) is 4.50. The standard InChI is InChI=1S/C16H15Cl2N3O/c17-11-6-7-12(18)14(10-11)20-16(22)21-9-3-5-15(21)13-4-1-2-8-19-13/h1-2,4,6-8,10,15H,3,5,9H2,(H,20,22)/t15-/m0/s1. The van der Waals surface area contributed by atoms with Crippen LogP contribution in [-0.4, -0.2) is 22.5 Å². The summed E-state index contributed by atoms with van der Waals surface area (Å²) in [4.78, 5) is 18.7. The first-order valence-electron chi connectivity index (χ1n) is 7.09. The number of urea groups is 1. The summed E-state index contributed by atoms with van der Waals surface area (Å²) in [5.41, 5.74) is 1.43. The molecule has 2 amide bonds. The summed E-state index contributed by atoms with van der Waals surface area (Å²) in [5, 5.41) is 3.83. The van der Waals surface area contributed by atoms with Crippen molar-refractivity contribution in [1.82, 2.24) is 9.88 Å². The number of pyridine rings is 1. The number of rotatable bonds is 2. The zero-order valence-corrected chi connectivity index (χ0v) is 13.3. The van der Waals surface area contributed by atoms with Crippen molar-refractivity contribution in [3.05, 3.63) is 58.3 Å². The van der Waals surface area contributed by atoms with Crippen molar-refractivity contribution in [3.8, 4) is 0 Å². The third kappa shape index (κ3) is 3.18. The van der Waals surface area contributed by atoms with Gasteiger partial charge in [-0.3, -0.25) is 4.98 Å². The van der Waals surface area contributed by atoms with Crippen LogP contribution < -0.4 is 5.32 Å². The molecule has 2 aromatic rings. The van der Waals surface area contributed by atoms with Gasteiger partial charge in [-0.2, -0.15) is 0 Å². The second-order valence-electron chi connectivity index (χ2n) is 5.16. The molecule has 0 aliphatic carbocycles. The van der Waals surface area contributed by atoms with Crippen molar-refractivity contribution in [3.63, 3.8) is 0 Å². The number of benzene rings is 1. The SMILES string of the molecule is O=C(Nc1cc(Cl)ccc1Cl)N1CCC[C@H]1c1ccccn1. The van der Waals surface area contributed by atoms with Crippen LogP contribution in [0, 0.1) is 0 Å². The lowest BCUT2D eigenvalue weighted by atomic mass is 10.1. The van der Waals surface area contributed by atoms with Gasteiger partial charge in [0.1, 0.15) is 0 Å². The summed E-state index contributed by atoms with van der Waals surface area (Å²) >= 11 is 12.0. The highest BCUT2D eigenvalue weighted by Crippen LogP contribution is 2.32. The smallest absolute Gasteiger partial charge is 0.316 e. The van der Waals surface area contributed by atoms with Crippen LogP contribution in [0.25, 0.3) is 0 Å². The highest BCUT2D eigenvalue weighted by molar-refractivity contribution is 6.35. The highest BCUT2D eigenvalue weighted by atomic mass is 35.5. The van der Waals surface area contributed by atoms with Gasteiger partial charge in [0.2, 0.25) is 0 Å². The topological polar surface area (TPSA) is 45.2 Å². The summed E-state index contributed by atoms with van der Waals surface area (Å²) in [7, 11) is 0. The molecule has 2 heterocycles. The van der Waals surface area contributed by atoms with Gasteiger partial charge in [-0.1, -0.05) is 29.3 Å². The van der Waals surface area contributed by atoms with Gasteiger partial charge in [0, 0.05) is 17.8 Å². The molecule has 6 heteroatoms. The van der Waals surface area contributed by atoms with Crippen LogP contribution in [0.3, 0.4) is 0 Å². The molecular formula is C16H15Cl2N3O. The normalized spacial score (nSPS) is 17.5. The number of halogens is 2. The maximum Gasteiger partial charge on any atom is 0.322 e. The quantitative estimate of drug-likeness (QED) is 0.860. The Hall–Kier alpha value is -1.78. The maximum atomic E-state index is 12.5. The van der Waals surface area contributed by atoms with Gasteiger partial charge in [0.05, 0.1) is 22.4 Å². The molecule has 1 aromatic heterocycles. The van der Waals surface area contributed by atoms with E-state index in [9.17, 15) is 4.79 Å². The number of likely N-dealkylation sites (tertiary alicyclic amines) is 1. The Morgan fingerprint density at radius 1 is 1.27 bits per heavy atom. The molecule has 0 radical (unpaired) electrons. The third-order valence-corrected chi connectivity index (χ3v) is 4.28. The number of nitrogens with one attached hydrogen (secondary N) is 1. The van der Waals surface area contributed by atoms with E-state index in [1.54, 1.807) is 29.3 Å². The molecule has 3 rings (SSSR count). The summed E-state index contributed by atoms with van der Waals surface area (Å²) in [6.07, 6.45) is 3.61. The van der Waals surface area contributed by atoms with Gasteiger partial charge in [0.25, 0.3) is 0 Å². The molecule has 1 aliphatic rings. The van der Waals surface area contributed by atoms with Gasteiger partial charge < -0.3 is 10.2 Å². The number of aromatic nitrogens is 1. The van der Waals surface area contributed by atoms with Crippen LogP contribution in [0.15, 0.2) is 42.6 Å². The second-order valence-corrected chi connectivity index (χ2v) is 6.00. The molecule has 1 aliphatic heterocycles. The average molecular weight is 336 g/mol. The zero-order valence-electron chi connectivity index (χ0n) is 11.8. The first-order chi connectivity index (χ1) is 10.6. The highest BCUT2D eigenvalue weighted by Gasteiger charge is 2.31. The minimum atomic E-state index is -0.183. The molecule has 1 fully saturated rings. The largest absolute Gasteiger partial charge is 0.322 e. The van der Waals surface area contributed by atoms with E-state index >= 15 is 0 Å². The number of carbonyl (C=O) groups excluding carboxylic acids is 1. The van der Waals surface area contributed by atoms with E-state index in [-0.39, 0.29) is 12.1 Å². The van der Waals surface area contributed by atoms with E-state index in [4.69, 9.17) is 23.2 Å². The van der Waals surface area contributed by atoms with Crippen molar-refractivity contribution in [2.45, 2.75) is 18.9 Å². The van der Waals surface area contributed by atoms with Gasteiger partial charge in [0.15, 0.2) is 0 Å². The fraction of sp³-hybridized carbons (Fsp3) is 0.250. The van der Waals surface area contributed by atoms with E-state index in [0.717, 1.165) is 18.5 Å². The Labute approximate surface area is 139 Å². The van der Waals surface area contributed by atoms with Crippen LogP contribution in [0.1, 0.15) is 24.6 Å². The molecular weight excluding hydrogens is 321 g/mol. The molecule has 0 saturated carbocycles. The molecule has 1 atom stereocenters. The fourth-order valence-electron chi connectivity index (χ4n) is 2.67. The number of anilines is 1. The van der Waals surface area contributed by atoms with Crippen LogP contribution in [-0.2, 0) is 0 Å². The van der Waals surface area contributed by atoms with Gasteiger partial charge >= 0.3 is 6.03 Å². The lowest BCUT2D eigenvalue weighted by molar-refractivity contribution is 0.206. The second kappa shape index (κ2) is 6.55. The Balaban J connectivity index is 1.78. The molecule has 114 valence electrons. The number of hydrogen-bond acceptors (Lipinski definition) is 2. The van der Waals surface area contributed by atoms with Crippen molar-refractivity contribution in [2.75, 3.05) is 11.9 Å². The van der Waals surface area contributed by atoms with E-state index in [1.165, 1.54) is 0 Å². The maximum absolute atomic E-state index is 12.5. The Bertz CT molecular complexity index is 678. The predicted molar refractivity (Wildman–Crippen MR) is 88.4 cm³/mol. The summed E-state index contributed by atoms with van der Waals surface area (Å²) in [6, 6.07) is 10.6. The average Bonchev–Trinajstić information content (AvgIpc) is 3.01. The fourth-order valence-corrected chi connectivity index (χ4v) is 3.01. The van der Waals surface area contributed by atoms with Crippen LogP contribution in [0.4, 0.5) is 10.5 Å². The summed E-state index contributed by atoms with van der Waals surface area (Å²) < 4.78 is 0. The van der Waals surface area contributed by atoms with E-state index < -0.39 is 0 Å². The molecule has 1 aromatic carbocycles. The lowest BCUT2D eigenvalue weighted by Crippen LogP contribution is -2.34. The minimum Gasteiger partial charge on any atom is -0.316 e. The number of amides is 2.